The van der Waals surface area contributed by atoms with Crippen LogP contribution in [0.3, 0.4) is 0 Å². The van der Waals surface area contributed by atoms with Crippen molar-refractivity contribution in [2.24, 2.45) is 0 Å². The second-order valence-electron chi connectivity index (χ2n) is 6.11. The summed E-state index contributed by atoms with van der Waals surface area (Å²) in [6.07, 6.45) is 0. The van der Waals surface area contributed by atoms with Gasteiger partial charge in [-0.2, -0.15) is 0 Å². The molecular formula is C21H22FNO6S. The Morgan fingerprint density at radius 3 is 2.40 bits per heavy atom. The van der Waals surface area contributed by atoms with Gasteiger partial charge in [-0.05, 0) is 43.3 Å². The predicted molar refractivity (Wildman–Crippen MR) is 112 cm³/mol. The standard InChI is InChI=1S/C21H22FNO6S/c1-13(30-12-20(25)23-15-6-4-14(22)5-7-15)21(26)29-11-18(24)17-9-8-16(27-2)10-19(17)28-3/h4-10,13H,11-12H2,1-3H3,(H,23,25)/t13-/m0/s1. The number of carbonyl (C=O) groups excluding carboxylic acids is 3. The lowest BCUT2D eigenvalue weighted by Gasteiger charge is -2.12. The number of ether oxygens (including phenoxy) is 3. The topological polar surface area (TPSA) is 90.9 Å². The smallest absolute Gasteiger partial charge is 0.319 e. The van der Waals surface area contributed by atoms with Crippen LogP contribution in [0, 0.1) is 5.82 Å². The average molecular weight is 435 g/mol. The van der Waals surface area contributed by atoms with E-state index in [0.717, 1.165) is 11.8 Å². The van der Waals surface area contributed by atoms with E-state index in [-0.39, 0.29) is 17.2 Å². The van der Waals surface area contributed by atoms with Crippen LogP contribution < -0.4 is 14.8 Å². The van der Waals surface area contributed by atoms with Crippen LogP contribution in [0.25, 0.3) is 0 Å². The van der Waals surface area contributed by atoms with Crippen molar-refractivity contribution < 1.29 is 33.0 Å². The van der Waals surface area contributed by atoms with E-state index in [1.807, 2.05) is 0 Å². The molecule has 1 amide bonds. The summed E-state index contributed by atoms with van der Waals surface area (Å²) in [5.74, 6) is -0.941. The van der Waals surface area contributed by atoms with Gasteiger partial charge in [0.05, 0.1) is 25.5 Å². The molecule has 1 atom stereocenters. The van der Waals surface area contributed by atoms with E-state index >= 15 is 0 Å². The second kappa shape index (κ2) is 11.2. The summed E-state index contributed by atoms with van der Waals surface area (Å²) >= 11 is 1.06. The highest BCUT2D eigenvalue weighted by Gasteiger charge is 2.20. The summed E-state index contributed by atoms with van der Waals surface area (Å²) in [4.78, 5) is 36.4. The van der Waals surface area contributed by atoms with Gasteiger partial charge < -0.3 is 19.5 Å². The molecule has 9 heteroatoms. The second-order valence-corrected chi connectivity index (χ2v) is 7.43. The lowest BCUT2D eigenvalue weighted by molar-refractivity contribution is -0.141. The Morgan fingerprint density at radius 2 is 1.77 bits per heavy atom. The van der Waals surface area contributed by atoms with Crippen molar-refractivity contribution in [1.82, 2.24) is 0 Å². The van der Waals surface area contributed by atoms with Gasteiger partial charge in [-0.3, -0.25) is 14.4 Å². The van der Waals surface area contributed by atoms with Crippen molar-refractivity contribution >= 4 is 35.1 Å². The number of halogens is 1. The quantitative estimate of drug-likeness (QED) is 0.452. The van der Waals surface area contributed by atoms with Crippen LogP contribution in [0.5, 0.6) is 11.5 Å². The molecule has 1 N–H and O–H groups in total. The van der Waals surface area contributed by atoms with E-state index in [9.17, 15) is 18.8 Å². The van der Waals surface area contributed by atoms with Gasteiger partial charge in [0.15, 0.2) is 6.61 Å². The zero-order valence-electron chi connectivity index (χ0n) is 16.8. The normalized spacial score (nSPS) is 11.3. The van der Waals surface area contributed by atoms with Crippen molar-refractivity contribution in [3.05, 3.63) is 53.8 Å². The summed E-state index contributed by atoms with van der Waals surface area (Å²) in [5.41, 5.74) is 0.723. The van der Waals surface area contributed by atoms with Crippen molar-refractivity contribution in [3.8, 4) is 11.5 Å². The van der Waals surface area contributed by atoms with Crippen LogP contribution in [-0.4, -0.2) is 49.5 Å². The Bertz CT molecular complexity index is 903. The zero-order chi connectivity index (χ0) is 22.1. The SMILES string of the molecule is COc1ccc(C(=O)COC(=O)[C@H](C)SCC(=O)Nc2ccc(F)cc2)c(OC)c1. The van der Waals surface area contributed by atoms with E-state index < -0.39 is 29.4 Å². The minimum absolute atomic E-state index is 0.00606. The minimum Gasteiger partial charge on any atom is -0.497 e. The van der Waals surface area contributed by atoms with Gasteiger partial charge in [0.1, 0.15) is 22.6 Å². The maximum absolute atomic E-state index is 12.9. The van der Waals surface area contributed by atoms with E-state index in [1.165, 1.54) is 44.6 Å². The number of amides is 1. The molecule has 30 heavy (non-hydrogen) atoms. The van der Waals surface area contributed by atoms with E-state index in [1.54, 1.807) is 19.1 Å². The van der Waals surface area contributed by atoms with Gasteiger partial charge in [-0.1, -0.05) is 0 Å². The highest BCUT2D eigenvalue weighted by atomic mass is 32.2. The maximum atomic E-state index is 12.9. The summed E-state index contributed by atoms with van der Waals surface area (Å²) in [6, 6.07) is 10.0. The molecule has 0 aromatic heterocycles. The molecule has 2 aromatic rings. The van der Waals surface area contributed by atoms with Crippen molar-refractivity contribution in [2.45, 2.75) is 12.2 Å². The number of hydrogen-bond donors (Lipinski definition) is 1. The number of anilines is 1. The molecular weight excluding hydrogens is 413 g/mol. The fraction of sp³-hybridized carbons (Fsp3) is 0.286. The van der Waals surface area contributed by atoms with E-state index in [2.05, 4.69) is 5.32 Å². The van der Waals surface area contributed by atoms with E-state index in [0.29, 0.717) is 17.2 Å². The number of thioether (sulfide) groups is 1. The summed E-state index contributed by atoms with van der Waals surface area (Å²) in [6.45, 7) is 1.13. The van der Waals surface area contributed by atoms with Gasteiger partial charge in [0.25, 0.3) is 0 Å². The third-order valence-electron chi connectivity index (χ3n) is 3.98. The number of rotatable bonds is 10. The first kappa shape index (κ1) is 23.2. The molecule has 0 aliphatic heterocycles. The third kappa shape index (κ3) is 6.77. The Balaban J connectivity index is 1.80. The number of Topliss-reactive ketones (excluding diaryl/α,β-unsaturated/α-hetero) is 1. The number of esters is 1. The summed E-state index contributed by atoms with van der Waals surface area (Å²) in [5, 5.41) is 1.94. The number of hydrogen-bond acceptors (Lipinski definition) is 7. The van der Waals surface area contributed by atoms with Crippen LogP contribution in [0.2, 0.25) is 0 Å². The molecule has 0 bridgehead atoms. The molecule has 2 rings (SSSR count). The Morgan fingerprint density at radius 1 is 1.07 bits per heavy atom. The van der Waals surface area contributed by atoms with Crippen LogP contribution in [-0.2, 0) is 14.3 Å². The fourth-order valence-corrected chi connectivity index (χ4v) is 3.04. The van der Waals surface area contributed by atoms with Crippen molar-refractivity contribution in [3.63, 3.8) is 0 Å². The molecule has 0 saturated carbocycles. The molecule has 7 nitrogen and oxygen atoms in total. The number of methoxy groups -OCH3 is 2. The molecule has 0 heterocycles. The molecule has 0 radical (unpaired) electrons. The predicted octanol–water partition coefficient (Wildman–Crippen LogP) is 3.33. The van der Waals surface area contributed by atoms with Crippen LogP contribution in [0.1, 0.15) is 17.3 Å². The molecule has 0 spiro atoms. The van der Waals surface area contributed by atoms with Gasteiger partial charge in [0.2, 0.25) is 11.7 Å². The van der Waals surface area contributed by atoms with E-state index in [4.69, 9.17) is 14.2 Å². The Kier molecular flexibility index (Phi) is 8.67. The maximum Gasteiger partial charge on any atom is 0.319 e. The first-order valence-corrected chi connectivity index (χ1v) is 9.97. The van der Waals surface area contributed by atoms with Crippen LogP contribution in [0.4, 0.5) is 10.1 Å². The molecule has 160 valence electrons. The Labute approximate surface area is 177 Å². The monoisotopic (exact) mass is 435 g/mol. The zero-order valence-corrected chi connectivity index (χ0v) is 17.6. The third-order valence-corrected chi connectivity index (χ3v) is 5.10. The number of benzene rings is 2. The molecule has 2 aromatic carbocycles. The molecule has 0 fully saturated rings. The highest BCUT2D eigenvalue weighted by molar-refractivity contribution is 8.01. The number of ketones is 1. The van der Waals surface area contributed by atoms with Crippen LogP contribution >= 0.6 is 11.8 Å². The largest absolute Gasteiger partial charge is 0.497 e. The van der Waals surface area contributed by atoms with Gasteiger partial charge >= 0.3 is 5.97 Å². The number of carbonyl (C=O) groups is 3. The highest BCUT2D eigenvalue weighted by Crippen LogP contribution is 2.25. The minimum atomic E-state index is -0.658. The lowest BCUT2D eigenvalue weighted by atomic mass is 10.1. The fourth-order valence-electron chi connectivity index (χ4n) is 2.36. The lowest BCUT2D eigenvalue weighted by Crippen LogP contribution is -2.23. The van der Waals surface area contributed by atoms with Crippen molar-refractivity contribution in [2.75, 3.05) is 31.9 Å². The summed E-state index contributed by atoms with van der Waals surface area (Å²) < 4.78 is 28.2. The average Bonchev–Trinajstić information content (AvgIpc) is 2.76. The molecule has 0 aliphatic carbocycles. The number of nitrogens with one attached hydrogen (secondary N) is 1. The van der Waals surface area contributed by atoms with Crippen LogP contribution in [0.15, 0.2) is 42.5 Å². The molecule has 0 unspecified atom stereocenters. The van der Waals surface area contributed by atoms with Gasteiger partial charge in [0, 0.05) is 11.8 Å². The molecule has 0 saturated heterocycles. The van der Waals surface area contributed by atoms with Crippen molar-refractivity contribution in [1.29, 1.82) is 0 Å². The van der Waals surface area contributed by atoms with Gasteiger partial charge in [-0.15, -0.1) is 11.8 Å². The first-order valence-electron chi connectivity index (χ1n) is 8.93. The molecule has 0 aliphatic rings. The van der Waals surface area contributed by atoms with Gasteiger partial charge in [-0.25, -0.2) is 4.39 Å². The summed E-state index contributed by atoms with van der Waals surface area (Å²) in [7, 11) is 2.92. The first-order chi connectivity index (χ1) is 14.3. The Hall–Kier alpha value is -3.07.